The Morgan fingerprint density at radius 2 is 2.00 bits per heavy atom. The monoisotopic (exact) mass is 278 g/mol. The second kappa shape index (κ2) is 6.53. The van der Waals surface area contributed by atoms with Gasteiger partial charge >= 0.3 is 5.97 Å². The molecule has 2 rings (SSSR count). The molecule has 1 atom stereocenters. The number of carbonyl (C=O) groups is 2. The van der Waals surface area contributed by atoms with Crippen molar-refractivity contribution in [3.8, 4) is 0 Å². The van der Waals surface area contributed by atoms with E-state index in [9.17, 15) is 9.59 Å². The van der Waals surface area contributed by atoms with Crippen LogP contribution in [0, 0.1) is 0 Å². The maximum Gasteiger partial charge on any atom is 0.331 e. The molecule has 1 saturated carbocycles. The highest BCUT2D eigenvalue weighted by Gasteiger charge is 2.24. The lowest BCUT2D eigenvalue weighted by Gasteiger charge is -2.19. The molecule has 1 aromatic carbocycles. The molecule has 0 heterocycles. The molecule has 1 fully saturated rings. The number of esters is 1. The number of rotatable bonds is 3. The Morgan fingerprint density at radius 1 is 1.26 bits per heavy atom. The van der Waals surface area contributed by atoms with Crippen molar-refractivity contribution in [1.82, 2.24) is 0 Å². The van der Waals surface area contributed by atoms with Crippen molar-refractivity contribution in [3.63, 3.8) is 0 Å². The minimum atomic E-state index is -0.559. The van der Waals surface area contributed by atoms with Crippen molar-refractivity contribution in [2.75, 3.05) is 0 Å². The number of benzene rings is 1. The van der Waals surface area contributed by atoms with E-state index < -0.39 is 12.1 Å². The smallest absolute Gasteiger partial charge is 0.331 e. The second-order valence-corrected chi connectivity index (χ2v) is 4.96. The van der Waals surface area contributed by atoms with Gasteiger partial charge in [0.2, 0.25) is 0 Å². The first kappa shape index (κ1) is 13.8. The van der Waals surface area contributed by atoms with E-state index in [0.29, 0.717) is 17.9 Å². The van der Waals surface area contributed by atoms with E-state index in [-0.39, 0.29) is 5.78 Å². The zero-order chi connectivity index (χ0) is 13.7. The standard InChI is InChI=1S/C15H15ClO3/c16-12-8-5-11(6-9-12)7-10-15(18)19-14-4-2-1-3-13(14)17/h5-10,14H,1-4H2. The summed E-state index contributed by atoms with van der Waals surface area (Å²) >= 11 is 5.77. The number of Topliss-reactive ketones (excluding diaryl/α,β-unsaturated/α-hetero) is 1. The van der Waals surface area contributed by atoms with Crippen molar-refractivity contribution in [2.24, 2.45) is 0 Å². The topological polar surface area (TPSA) is 43.4 Å². The average Bonchev–Trinajstić information content (AvgIpc) is 2.41. The van der Waals surface area contributed by atoms with E-state index in [1.807, 2.05) is 0 Å². The van der Waals surface area contributed by atoms with Gasteiger partial charge in [0.25, 0.3) is 0 Å². The van der Waals surface area contributed by atoms with Crippen LogP contribution in [0.25, 0.3) is 6.08 Å². The van der Waals surface area contributed by atoms with Gasteiger partial charge in [-0.05, 0) is 43.0 Å². The maximum absolute atomic E-state index is 11.6. The Kier molecular flexibility index (Phi) is 4.74. The van der Waals surface area contributed by atoms with Gasteiger partial charge in [0, 0.05) is 17.5 Å². The summed E-state index contributed by atoms with van der Waals surface area (Å²) in [7, 11) is 0. The number of carbonyl (C=O) groups excluding carboxylic acids is 2. The fraction of sp³-hybridized carbons (Fsp3) is 0.333. The lowest BCUT2D eigenvalue weighted by Crippen LogP contribution is -2.29. The van der Waals surface area contributed by atoms with Crippen molar-refractivity contribution in [2.45, 2.75) is 31.8 Å². The Hall–Kier alpha value is -1.61. The zero-order valence-corrected chi connectivity index (χ0v) is 11.2. The van der Waals surface area contributed by atoms with E-state index in [4.69, 9.17) is 16.3 Å². The predicted octanol–water partition coefficient (Wildman–Crippen LogP) is 3.41. The van der Waals surface area contributed by atoms with Gasteiger partial charge in [0.1, 0.15) is 0 Å². The molecule has 0 amide bonds. The summed E-state index contributed by atoms with van der Waals surface area (Å²) in [5, 5.41) is 0.646. The molecular formula is C15H15ClO3. The summed E-state index contributed by atoms with van der Waals surface area (Å²) in [5.74, 6) is -0.449. The largest absolute Gasteiger partial charge is 0.451 e. The third-order valence-corrected chi connectivity index (χ3v) is 3.29. The molecule has 3 nitrogen and oxygen atoms in total. The number of hydrogen-bond donors (Lipinski definition) is 0. The fourth-order valence-corrected chi connectivity index (χ4v) is 2.12. The highest BCUT2D eigenvalue weighted by Crippen LogP contribution is 2.18. The lowest BCUT2D eigenvalue weighted by atomic mass is 9.96. The molecule has 0 aliphatic heterocycles. The van der Waals surface area contributed by atoms with E-state index in [0.717, 1.165) is 18.4 Å². The molecule has 4 heteroatoms. The lowest BCUT2D eigenvalue weighted by molar-refractivity contribution is -0.152. The SMILES string of the molecule is O=C(C=Cc1ccc(Cl)cc1)OC1CCCCC1=O. The molecule has 1 aliphatic rings. The first-order chi connectivity index (χ1) is 9.15. The van der Waals surface area contributed by atoms with Gasteiger partial charge in [0.15, 0.2) is 11.9 Å². The Bertz CT molecular complexity index is 491. The molecule has 0 radical (unpaired) electrons. The number of ketones is 1. The van der Waals surface area contributed by atoms with Crippen LogP contribution >= 0.6 is 11.6 Å². The summed E-state index contributed by atoms with van der Waals surface area (Å²) in [6, 6.07) is 7.10. The van der Waals surface area contributed by atoms with Gasteiger partial charge < -0.3 is 4.74 Å². The Balaban J connectivity index is 1.90. The van der Waals surface area contributed by atoms with E-state index in [1.165, 1.54) is 6.08 Å². The maximum atomic E-state index is 11.6. The molecule has 0 bridgehead atoms. The highest BCUT2D eigenvalue weighted by molar-refractivity contribution is 6.30. The highest BCUT2D eigenvalue weighted by atomic mass is 35.5. The minimum absolute atomic E-state index is 0.0273. The number of ether oxygens (including phenoxy) is 1. The van der Waals surface area contributed by atoms with E-state index in [1.54, 1.807) is 30.3 Å². The fourth-order valence-electron chi connectivity index (χ4n) is 1.99. The van der Waals surface area contributed by atoms with Crippen molar-refractivity contribution >= 4 is 29.4 Å². The van der Waals surface area contributed by atoms with Crippen LogP contribution in [0.2, 0.25) is 5.02 Å². The first-order valence-corrected chi connectivity index (χ1v) is 6.70. The van der Waals surface area contributed by atoms with E-state index in [2.05, 4.69) is 0 Å². The van der Waals surface area contributed by atoms with Gasteiger partial charge in [0.05, 0.1) is 0 Å². The molecule has 0 spiro atoms. The zero-order valence-electron chi connectivity index (χ0n) is 10.5. The molecule has 1 aliphatic carbocycles. The van der Waals surface area contributed by atoms with Crippen LogP contribution in [0.3, 0.4) is 0 Å². The number of halogens is 1. The molecule has 1 aromatic rings. The molecule has 1 unspecified atom stereocenters. The Labute approximate surface area is 117 Å². The molecule has 100 valence electrons. The van der Waals surface area contributed by atoms with Crippen LogP contribution in [0.15, 0.2) is 30.3 Å². The van der Waals surface area contributed by atoms with Crippen LogP contribution in [-0.2, 0) is 14.3 Å². The molecule has 19 heavy (non-hydrogen) atoms. The average molecular weight is 279 g/mol. The molecule has 0 saturated heterocycles. The van der Waals surface area contributed by atoms with Crippen molar-refractivity contribution in [1.29, 1.82) is 0 Å². The van der Waals surface area contributed by atoms with Crippen molar-refractivity contribution in [3.05, 3.63) is 40.9 Å². The number of hydrogen-bond acceptors (Lipinski definition) is 3. The quantitative estimate of drug-likeness (QED) is 0.629. The third kappa shape index (κ3) is 4.21. The van der Waals surface area contributed by atoms with Gasteiger partial charge in [-0.2, -0.15) is 0 Å². The van der Waals surface area contributed by atoms with Crippen LogP contribution in [0.5, 0.6) is 0 Å². The van der Waals surface area contributed by atoms with Crippen LogP contribution in [0.1, 0.15) is 31.2 Å². The van der Waals surface area contributed by atoms with Gasteiger partial charge in [-0.1, -0.05) is 23.7 Å². The van der Waals surface area contributed by atoms with Gasteiger partial charge in [-0.3, -0.25) is 4.79 Å². The summed E-state index contributed by atoms with van der Waals surface area (Å²) in [6.45, 7) is 0. The predicted molar refractivity (Wildman–Crippen MR) is 73.8 cm³/mol. The summed E-state index contributed by atoms with van der Waals surface area (Å²) in [4.78, 5) is 23.1. The van der Waals surface area contributed by atoms with Crippen LogP contribution in [0.4, 0.5) is 0 Å². The van der Waals surface area contributed by atoms with Crippen LogP contribution < -0.4 is 0 Å². The van der Waals surface area contributed by atoms with Crippen molar-refractivity contribution < 1.29 is 14.3 Å². The second-order valence-electron chi connectivity index (χ2n) is 4.52. The minimum Gasteiger partial charge on any atom is -0.451 e. The molecule has 0 N–H and O–H groups in total. The van der Waals surface area contributed by atoms with E-state index >= 15 is 0 Å². The molecular weight excluding hydrogens is 264 g/mol. The third-order valence-electron chi connectivity index (χ3n) is 3.04. The normalized spacial score (nSPS) is 19.6. The summed E-state index contributed by atoms with van der Waals surface area (Å²) in [5.41, 5.74) is 0.858. The summed E-state index contributed by atoms with van der Waals surface area (Å²) < 4.78 is 5.15. The first-order valence-electron chi connectivity index (χ1n) is 6.32. The van der Waals surface area contributed by atoms with Gasteiger partial charge in [-0.25, -0.2) is 4.79 Å². The summed E-state index contributed by atoms with van der Waals surface area (Å²) in [6.07, 6.45) is 5.41. The Morgan fingerprint density at radius 3 is 2.68 bits per heavy atom. The van der Waals surface area contributed by atoms with Gasteiger partial charge in [-0.15, -0.1) is 0 Å². The van der Waals surface area contributed by atoms with Crippen LogP contribution in [-0.4, -0.2) is 17.9 Å². The molecule has 0 aromatic heterocycles.